The van der Waals surface area contributed by atoms with E-state index >= 15 is 0 Å². The van der Waals surface area contributed by atoms with Crippen LogP contribution in [0.25, 0.3) is 10.8 Å². The van der Waals surface area contributed by atoms with Crippen LogP contribution >= 0.6 is 0 Å². The van der Waals surface area contributed by atoms with Crippen molar-refractivity contribution in [3.05, 3.63) is 63.8 Å². The lowest BCUT2D eigenvalue weighted by Gasteiger charge is -2.26. The van der Waals surface area contributed by atoms with Gasteiger partial charge in [0.2, 0.25) is 5.91 Å². The largest absolute Gasteiger partial charge is 0.352 e. The van der Waals surface area contributed by atoms with E-state index in [4.69, 9.17) is 0 Å². The Morgan fingerprint density at radius 2 is 1.80 bits per heavy atom. The van der Waals surface area contributed by atoms with Gasteiger partial charge in [0.15, 0.2) is 0 Å². The van der Waals surface area contributed by atoms with Crippen LogP contribution in [-0.4, -0.2) is 26.3 Å². The molecule has 1 aliphatic rings. The summed E-state index contributed by atoms with van der Waals surface area (Å²) in [6, 6.07) is 10.4. The summed E-state index contributed by atoms with van der Waals surface area (Å²) in [5.41, 5.74) is 2.91. The van der Waals surface area contributed by atoms with Gasteiger partial charge in [-0.3, -0.25) is 9.59 Å². The minimum atomic E-state index is -0.202. The van der Waals surface area contributed by atoms with E-state index in [1.165, 1.54) is 10.2 Å². The van der Waals surface area contributed by atoms with Gasteiger partial charge in [-0.15, -0.1) is 0 Å². The number of carbonyl (C=O) groups is 1. The lowest BCUT2D eigenvalue weighted by atomic mass is 9.87. The molecule has 3 aromatic rings. The highest BCUT2D eigenvalue weighted by Gasteiger charge is 2.21. The van der Waals surface area contributed by atoms with E-state index in [1.54, 1.807) is 6.20 Å². The number of aryl methyl sites for hydroxylation is 2. The second kappa shape index (κ2) is 8.46. The first kappa shape index (κ1) is 20.4. The molecule has 6 heteroatoms. The van der Waals surface area contributed by atoms with Crippen molar-refractivity contribution in [1.82, 2.24) is 19.7 Å². The van der Waals surface area contributed by atoms with Gasteiger partial charge >= 0.3 is 0 Å². The number of benzene rings is 1. The normalized spacial score (nSPS) is 19.2. The molecule has 158 valence electrons. The van der Waals surface area contributed by atoms with Gasteiger partial charge in [0.05, 0.1) is 11.6 Å². The standard InChI is InChI=1S/C24H30N4O2/c1-16-9-11-20(12-10-16)26-22(29)15-28-24(30)23-18(3)27(17(2)21(23)13-25-28)14-19-7-5-4-6-8-19/h4-8,13,16,20H,9-12,14-15H2,1-3H3,(H,26,29). The maximum absolute atomic E-state index is 13.1. The zero-order valence-electron chi connectivity index (χ0n) is 18.0. The highest BCUT2D eigenvalue weighted by Crippen LogP contribution is 2.24. The predicted molar refractivity (Wildman–Crippen MR) is 119 cm³/mol. The minimum Gasteiger partial charge on any atom is -0.352 e. The van der Waals surface area contributed by atoms with Gasteiger partial charge < -0.3 is 9.88 Å². The molecule has 2 heterocycles. The van der Waals surface area contributed by atoms with Gasteiger partial charge in [0.25, 0.3) is 5.56 Å². The highest BCUT2D eigenvalue weighted by atomic mass is 16.2. The highest BCUT2D eigenvalue weighted by molar-refractivity contribution is 5.87. The first-order valence-corrected chi connectivity index (χ1v) is 10.8. The molecule has 1 N–H and O–H groups in total. The molecule has 1 aliphatic carbocycles. The molecule has 4 rings (SSSR count). The Morgan fingerprint density at radius 1 is 1.10 bits per heavy atom. The fraction of sp³-hybridized carbons (Fsp3) is 0.458. The van der Waals surface area contributed by atoms with Gasteiger partial charge in [-0.05, 0) is 51.0 Å². The molecule has 1 saturated carbocycles. The molecule has 1 aromatic carbocycles. The van der Waals surface area contributed by atoms with Crippen molar-refractivity contribution in [1.29, 1.82) is 0 Å². The first-order valence-electron chi connectivity index (χ1n) is 10.8. The van der Waals surface area contributed by atoms with Crippen LogP contribution in [0.5, 0.6) is 0 Å². The molecule has 1 fully saturated rings. The van der Waals surface area contributed by atoms with Crippen molar-refractivity contribution in [3.63, 3.8) is 0 Å². The van der Waals surface area contributed by atoms with Crippen LogP contribution in [0.3, 0.4) is 0 Å². The molecular weight excluding hydrogens is 376 g/mol. The van der Waals surface area contributed by atoms with Crippen LogP contribution < -0.4 is 10.9 Å². The summed E-state index contributed by atoms with van der Waals surface area (Å²) in [5.74, 6) is 0.595. The molecule has 30 heavy (non-hydrogen) atoms. The van der Waals surface area contributed by atoms with Crippen LogP contribution in [0, 0.1) is 19.8 Å². The van der Waals surface area contributed by atoms with Crippen molar-refractivity contribution < 1.29 is 4.79 Å². The number of rotatable bonds is 5. The number of amides is 1. The van der Waals surface area contributed by atoms with Crippen LogP contribution in [0.15, 0.2) is 41.3 Å². The monoisotopic (exact) mass is 406 g/mol. The van der Waals surface area contributed by atoms with Gasteiger partial charge in [-0.25, -0.2) is 4.68 Å². The summed E-state index contributed by atoms with van der Waals surface area (Å²) in [7, 11) is 0. The summed E-state index contributed by atoms with van der Waals surface area (Å²) in [4.78, 5) is 25.7. The quantitative estimate of drug-likeness (QED) is 0.704. The lowest BCUT2D eigenvalue weighted by molar-refractivity contribution is -0.122. The zero-order chi connectivity index (χ0) is 21.3. The summed E-state index contributed by atoms with van der Waals surface area (Å²) in [6.45, 7) is 6.90. The average Bonchev–Trinajstić information content (AvgIpc) is 2.97. The molecular formula is C24H30N4O2. The molecule has 0 unspecified atom stereocenters. The third kappa shape index (κ3) is 4.04. The second-order valence-corrected chi connectivity index (χ2v) is 8.66. The van der Waals surface area contributed by atoms with Crippen molar-refractivity contribution in [2.24, 2.45) is 5.92 Å². The van der Waals surface area contributed by atoms with E-state index in [2.05, 4.69) is 34.0 Å². The molecule has 1 amide bonds. The van der Waals surface area contributed by atoms with Gasteiger partial charge in [0.1, 0.15) is 6.54 Å². The maximum atomic E-state index is 13.1. The molecule has 6 nitrogen and oxygen atoms in total. The fourth-order valence-electron chi connectivity index (χ4n) is 4.57. The Morgan fingerprint density at radius 3 is 2.50 bits per heavy atom. The number of nitrogens with zero attached hydrogens (tertiary/aromatic N) is 3. The fourth-order valence-corrected chi connectivity index (χ4v) is 4.57. The van der Waals surface area contributed by atoms with Crippen molar-refractivity contribution in [2.75, 3.05) is 0 Å². The number of aromatic nitrogens is 3. The number of fused-ring (bicyclic) bond motifs is 1. The lowest BCUT2D eigenvalue weighted by Crippen LogP contribution is -2.41. The summed E-state index contributed by atoms with van der Waals surface area (Å²) in [6.07, 6.45) is 6.02. The van der Waals surface area contributed by atoms with E-state index < -0.39 is 0 Å². The smallest absolute Gasteiger partial charge is 0.276 e. The van der Waals surface area contributed by atoms with Gasteiger partial charge in [0, 0.05) is 29.4 Å². The number of nitrogens with one attached hydrogen (secondary N) is 1. The Kier molecular flexibility index (Phi) is 5.75. The summed E-state index contributed by atoms with van der Waals surface area (Å²) < 4.78 is 3.44. The first-order chi connectivity index (χ1) is 14.4. The maximum Gasteiger partial charge on any atom is 0.276 e. The van der Waals surface area contributed by atoms with E-state index in [-0.39, 0.29) is 24.1 Å². The molecule has 2 aromatic heterocycles. The van der Waals surface area contributed by atoms with E-state index in [9.17, 15) is 9.59 Å². The van der Waals surface area contributed by atoms with Crippen molar-refractivity contribution in [2.45, 2.75) is 65.6 Å². The third-order valence-electron chi connectivity index (χ3n) is 6.46. The van der Waals surface area contributed by atoms with Crippen LogP contribution in [-0.2, 0) is 17.9 Å². The summed E-state index contributed by atoms with van der Waals surface area (Å²) >= 11 is 0. The predicted octanol–water partition coefficient (Wildman–Crippen LogP) is 3.56. The number of carbonyl (C=O) groups excluding carboxylic acids is 1. The molecule has 0 atom stereocenters. The number of hydrogen-bond acceptors (Lipinski definition) is 3. The average molecular weight is 407 g/mol. The Labute approximate surface area is 176 Å². The second-order valence-electron chi connectivity index (χ2n) is 8.66. The molecule has 0 radical (unpaired) electrons. The molecule has 0 spiro atoms. The zero-order valence-corrected chi connectivity index (χ0v) is 18.0. The summed E-state index contributed by atoms with van der Waals surface area (Å²) in [5, 5.41) is 8.89. The Balaban J connectivity index is 1.57. The molecule has 0 bridgehead atoms. The molecule has 0 saturated heterocycles. The van der Waals surface area contributed by atoms with Crippen molar-refractivity contribution >= 4 is 16.7 Å². The molecule has 0 aliphatic heterocycles. The number of hydrogen-bond donors (Lipinski definition) is 1. The van der Waals surface area contributed by atoms with E-state index in [0.29, 0.717) is 11.9 Å². The topological polar surface area (TPSA) is 68.9 Å². The van der Waals surface area contributed by atoms with Crippen LogP contribution in [0.4, 0.5) is 0 Å². The van der Waals surface area contributed by atoms with Crippen LogP contribution in [0.2, 0.25) is 0 Å². The van der Waals surface area contributed by atoms with E-state index in [1.807, 2.05) is 32.0 Å². The SMILES string of the molecule is Cc1c2cnn(CC(=O)NC3CCC(C)CC3)c(=O)c2c(C)n1Cc1ccccc1. The Bertz CT molecular complexity index is 1110. The van der Waals surface area contributed by atoms with Crippen LogP contribution in [0.1, 0.15) is 49.6 Å². The van der Waals surface area contributed by atoms with Crippen molar-refractivity contribution in [3.8, 4) is 0 Å². The van der Waals surface area contributed by atoms with E-state index in [0.717, 1.165) is 48.4 Å². The third-order valence-corrected chi connectivity index (χ3v) is 6.46. The van der Waals surface area contributed by atoms with Gasteiger partial charge in [-0.2, -0.15) is 5.10 Å². The minimum absolute atomic E-state index is 0.0385. The van der Waals surface area contributed by atoms with Gasteiger partial charge in [-0.1, -0.05) is 37.3 Å². The Hall–Kier alpha value is -2.89.